The standard InChI is InChI=1S/C23H28F2N6O/c1-14(29-19-13-26-18(12-27-19)22(4,5)32)11-28-21-16(3)15(2)20(30-31-21)23(24,25)17-9-7-6-8-10-17/h6-10,12-14,32H,11H2,1-5H3,(H,27,29)(H,28,31)/t14-/m1/s1. The van der Waals surface area contributed by atoms with Gasteiger partial charge in [0.05, 0.1) is 18.1 Å². The zero-order valence-electron chi connectivity index (χ0n) is 18.8. The summed E-state index contributed by atoms with van der Waals surface area (Å²) in [6.45, 7) is 9.05. The molecule has 170 valence electrons. The molecule has 7 nitrogen and oxygen atoms in total. The molecule has 3 rings (SSSR count). The molecular weight excluding hydrogens is 414 g/mol. The second-order valence-electron chi connectivity index (χ2n) is 8.36. The van der Waals surface area contributed by atoms with Gasteiger partial charge >= 0.3 is 5.92 Å². The molecule has 1 atom stereocenters. The van der Waals surface area contributed by atoms with Crippen LogP contribution in [-0.4, -0.2) is 37.9 Å². The van der Waals surface area contributed by atoms with E-state index in [9.17, 15) is 13.9 Å². The highest BCUT2D eigenvalue weighted by molar-refractivity contribution is 5.50. The Kier molecular flexibility index (Phi) is 6.68. The molecule has 2 heterocycles. The van der Waals surface area contributed by atoms with Gasteiger partial charge in [-0.15, -0.1) is 10.2 Å². The molecule has 0 bridgehead atoms. The molecule has 0 radical (unpaired) electrons. The third-order valence-electron chi connectivity index (χ3n) is 5.21. The third kappa shape index (κ3) is 5.16. The molecule has 0 saturated carbocycles. The number of benzene rings is 1. The topological polar surface area (TPSA) is 95.9 Å². The molecule has 32 heavy (non-hydrogen) atoms. The van der Waals surface area contributed by atoms with Crippen molar-refractivity contribution in [3.05, 3.63) is 70.8 Å². The lowest BCUT2D eigenvalue weighted by Gasteiger charge is -2.21. The molecule has 0 saturated heterocycles. The van der Waals surface area contributed by atoms with Gasteiger partial charge in [0, 0.05) is 18.2 Å². The Morgan fingerprint density at radius 2 is 1.69 bits per heavy atom. The molecule has 0 aliphatic carbocycles. The number of hydrogen-bond donors (Lipinski definition) is 3. The van der Waals surface area contributed by atoms with Crippen LogP contribution in [0.3, 0.4) is 0 Å². The first-order valence-corrected chi connectivity index (χ1v) is 10.3. The lowest BCUT2D eigenvalue weighted by Crippen LogP contribution is -2.27. The average molecular weight is 443 g/mol. The van der Waals surface area contributed by atoms with Crippen LogP contribution in [0.1, 0.15) is 48.8 Å². The zero-order chi connectivity index (χ0) is 23.5. The summed E-state index contributed by atoms with van der Waals surface area (Å²) < 4.78 is 29.9. The predicted octanol–water partition coefficient (Wildman–Crippen LogP) is 4.16. The van der Waals surface area contributed by atoms with Gasteiger partial charge in [-0.3, -0.25) is 4.98 Å². The molecule has 0 spiro atoms. The lowest BCUT2D eigenvalue weighted by atomic mass is 9.99. The Labute approximate surface area is 186 Å². The van der Waals surface area contributed by atoms with Crippen molar-refractivity contribution in [3.8, 4) is 0 Å². The van der Waals surface area contributed by atoms with Crippen LogP contribution in [0.2, 0.25) is 0 Å². The van der Waals surface area contributed by atoms with Crippen LogP contribution in [0.4, 0.5) is 20.4 Å². The van der Waals surface area contributed by atoms with Crippen molar-refractivity contribution >= 4 is 11.6 Å². The Bertz CT molecular complexity index is 1050. The van der Waals surface area contributed by atoms with Gasteiger partial charge in [0.15, 0.2) is 5.82 Å². The van der Waals surface area contributed by atoms with Crippen molar-refractivity contribution in [2.75, 3.05) is 17.2 Å². The molecule has 0 aliphatic rings. The number of nitrogens with one attached hydrogen (secondary N) is 2. The fraction of sp³-hybridized carbons (Fsp3) is 0.391. The fourth-order valence-electron chi connectivity index (χ4n) is 3.13. The molecule has 2 aromatic heterocycles. The van der Waals surface area contributed by atoms with Crippen LogP contribution in [0.25, 0.3) is 0 Å². The Morgan fingerprint density at radius 3 is 2.28 bits per heavy atom. The highest BCUT2D eigenvalue weighted by Crippen LogP contribution is 2.37. The highest BCUT2D eigenvalue weighted by atomic mass is 19.3. The second-order valence-corrected chi connectivity index (χ2v) is 8.36. The maximum atomic E-state index is 15.0. The fourth-order valence-corrected chi connectivity index (χ4v) is 3.13. The summed E-state index contributed by atoms with van der Waals surface area (Å²) in [5.41, 5.74) is -0.0390. The van der Waals surface area contributed by atoms with Gasteiger partial charge in [-0.05, 0) is 45.7 Å². The van der Waals surface area contributed by atoms with E-state index in [1.807, 2.05) is 6.92 Å². The van der Waals surface area contributed by atoms with E-state index in [1.54, 1.807) is 52.1 Å². The lowest BCUT2D eigenvalue weighted by molar-refractivity contribution is 0.0362. The summed E-state index contributed by atoms with van der Waals surface area (Å²) in [7, 11) is 0. The number of aromatic nitrogens is 4. The summed E-state index contributed by atoms with van der Waals surface area (Å²) in [5, 5.41) is 24.2. The van der Waals surface area contributed by atoms with Crippen LogP contribution in [0.15, 0.2) is 42.7 Å². The third-order valence-corrected chi connectivity index (χ3v) is 5.21. The van der Waals surface area contributed by atoms with Gasteiger partial charge in [0.25, 0.3) is 0 Å². The summed E-state index contributed by atoms with van der Waals surface area (Å²) >= 11 is 0. The summed E-state index contributed by atoms with van der Waals surface area (Å²) in [5.74, 6) is -2.22. The van der Waals surface area contributed by atoms with E-state index in [-0.39, 0.29) is 17.3 Å². The molecule has 0 aliphatic heterocycles. The van der Waals surface area contributed by atoms with Crippen molar-refractivity contribution in [1.29, 1.82) is 0 Å². The number of anilines is 2. The molecule has 3 aromatic rings. The maximum Gasteiger partial charge on any atom is 0.317 e. The first-order valence-electron chi connectivity index (χ1n) is 10.3. The van der Waals surface area contributed by atoms with E-state index in [0.717, 1.165) is 0 Å². The molecule has 0 fully saturated rings. The average Bonchev–Trinajstić information content (AvgIpc) is 2.75. The molecule has 0 amide bonds. The smallest absolute Gasteiger partial charge is 0.317 e. The van der Waals surface area contributed by atoms with Crippen molar-refractivity contribution in [2.45, 2.75) is 52.2 Å². The largest absolute Gasteiger partial charge is 0.384 e. The molecular formula is C23H28F2N6O. The number of hydrogen-bond acceptors (Lipinski definition) is 7. The minimum absolute atomic E-state index is 0.0655. The van der Waals surface area contributed by atoms with Crippen molar-refractivity contribution in [1.82, 2.24) is 20.2 Å². The summed E-state index contributed by atoms with van der Waals surface area (Å²) in [6, 6.07) is 7.54. The minimum atomic E-state index is -3.23. The second kappa shape index (κ2) is 9.12. The summed E-state index contributed by atoms with van der Waals surface area (Å²) in [6.07, 6.45) is 3.08. The predicted molar refractivity (Wildman–Crippen MR) is 120 cm³/mol. The highest BCUT2D eigenvalue weighted by Gasteiger charge is 2.38. The van der Waals surface area contributed by atoms with E-state index in [2.05, 4.69) is 30.8 Å². The SMILES string of the molecule is Cc1c(NC[C@@H](C)Nc2cnc(C(C)(C)O)cn2)nnc(C(F)(F)c2ccccc2)c1C. The Morgan fingerprint density at radius 1 is 1.00 bits per heavy atom. The number of rotatable bonds is 8. The summed E-state index contributed by atoms with van der Waals surface area (Å²) in [4.78, 5) is 8.48. The zero-order valence-corrected chi connectivity index (χ0v) is 18.8. The molecule has 1 aromatic carbocycles. The van der Waals surface area contributed by atoms with Gasteiger partial charge in [-0.2, -0.15) is 8.78 Å². The molecule has 9 heteroatoms. The molecule has 3 N–H and O–H groups in total. The number of aliphatic hydroxyl groups is 1. The van der Waals surface area contributed by atoms with Gasteiger partial charge in [-0.25, -0.2) is 4.98 Å². The minimum Gasteiger partial charge on any atom is -0.384 e. The number of alkyl halides is 2. The maximum absolute atomic E-state index is 15.0. The van der Waals surface area contributed by atoms with Crippen LogP contribution >= 0.6 is 0 Å². The van der Waals surface area contributed by atoms with Crippen molar-refractivity contribution in [3.63, 3.8) is 0 Å². The van der Waals surface area contributed by atoms with Crippen molar-refractivity contribution in [2.24, 2.45) is 0 Å². The quantitative estimate of drug-likeness (QED) is 0.482. The molecule has 0 unspecified atom stereocenters. The van der Waals surface area contributed by atoms with E-state index in [0.29, 0.717) is 35.0 Å². The van der Waals surface area contributed by atoms with Gasteiger partial charge in [-0.1, -0.05) is 30.3 Å². The van der Waals surface area contributed by atoms with E-state index >= 15 is 0 Å². The van der Waals surface area contributed by atoms with Gasteiger partial charge in [0.1, 0.15) is 17.1 Å². The van der Waals surface area contributed by atoms with Crippen LogP contribution in [0, 0.1) is 13.8 Å². The monoisotopic (exact) mass is 442 g/mol. The van der Waals surface area contributed by atoms with Crippen LogP contribution in [0.5, 0.6) is 0 Å². The first-order chi connectivity index (χ1) is 15.0. The normalized spacial score (nSPS) is 13.0. The van der Waals surface area contributed by atoms with E-state index in [4.69, 9.17) is 0 Å². The Hall–Kier alpha value is -3.20. The number of halogens is 2. The Balaban J connectivity index is 1.67. The first kappa shape index (κ1) is 23.5. The van der Waals surface area contributed by atoms with Crippen LogP contribution < -0.4 is 10.6 Å². The van der Waals surface area contributed by atoms with Crippen LogP contribution in [-0.2, 0) is 11.5 Å². The van der Waals surface area contributed by atoms with Crippen molar-refractivity contribution < 1.29 is 13.9 Å². The number of nitrogens with zero attached hydrogens (tertiary/aromatic N) is 4. The van der Waals surface area contributed by atoms with E-state index < -0.39 is 11.5 Å². The van der Waals surface area contributed by atoms with E-state index in [1.165, 1.54) is 18.3 Å². The van der Waals surface area contributed by atoms with Gasteiger partial charge in [0.2, 0.25) is 0 Å². The van der Waals surface area contributed by atoms with Gasteiger partial charge < -0.3 is 15.7 Å².